The molecule has 0 bridgehead atoms. The second kappa shape index (κ2) is 7.34. The number of carbonyl (C=O) groups excluding carboxylic acids is 1. The van der Waals surface area contributed by atoms with Gasteiger partial charge in [-0.2, -0.15) is 0 Å². The Balaban J connectivity index is 1.92. The number of rotatable bonds is 7. The highest BCUT2D eigenvalue weighted by Crippen LogP contribution is 2.21. The van der Waals surface area contributed by atoms with E-state index >= 15 is 0 Å². The average Bonchev–Trinajstić information content (AvgIpc) is 2.54. The zero-order valence-electron chi connectivity index (χ0n) is 13.0. The number of hydrogen-bond donors (Lipinski definition) is 1. The Kier molecular flexibility index (Phi) is 5.47. The fourth-order valence-corrected chi connectivity index (χ4v) is 2.10. The molecule has 0 fully saturated rings. The quantitative estimate of drug-likeness (QED) is 0.794. The van der Waals surface area contributed by atoms with Crippen LogP contribution in [0.1, 0.15) is 36.2 Å². The predicted octanol–water partition coefficient (Wildman–Crippen LogP) is 3.62. The van der Waals surface area contributed by atoms with Crippen molar-refractivity contribution in [1.29, 1.82) is 0 Å². The summed E-state index contributed by atoms with van der Waals surface area (Å²) >= 11 is 0. The van der Waals surface area contributed by atoms with Crippen molar-refractivity contribution >= 4 is 5.78 Å². The predicted molar refractivity (Wildman–Crippen MR) is 86.7 cm³/mol. The Morgan fingerprint density at radius 3 is 2.18 bits per heavy atom. The minimum Gasteiger partial charge on any atom is -0.390 e. The highest BCUT2D eigenvalue weighted by Gasteiger charge is 2.30. The van der Waals surface area contributed by atoms with E-state index in [1.165, 1.54) is 0 Å². The highest BCUT2D eigenvalue weighted by atomic mass is 16.5. The van der Waals surface area contributed by atoms with Crippen LogP contribution in [0.4, 0.5) is 0 Å². The lowest BCUT2D eigenvalue weighted by Crippen LogP contribution is -2.40. The molecule has 0 radical (unpaired) electrons. The fraction of sp³-hybridized carbons (Fsp3) is 0.316. The summed E-state index contributed by atoms with van der Waals surface area (Å²) in [4.78, 5) is 12.2. The zero-order chi connectivity index (χ0) is 16.0. The Bertz CT molecular complexity index is 591. The van der Waals surface area contributed by atoms with Gasteiger partial charge >= 0.3 is 0 Å². The van der Waals surface area contributed by atoms with Gasteiger partial charge in [0.15, 0.2) is 5.78 Å². The van der Waals surface area contributed by atoms with E-state index in [2.05, 4.69) is 0 Å². The number of ether oxygens (including phenoxy) is 1. The summed E-state index contributed by atoms with van der Waals surface area (Å²) in [7, 11) is 0. The molecule has 2 aromatic rings. The van der Waals surface area contributed by atoms with Crippen molar-refractivity contribution < 1.29 is 14.6 Å². The molecule has 0 aliphatic rings. The molecule has 0 unspecified atom stereocenters. The molecular weight excluding hydrogens is 276 g/mol. The van der Waals surface area contributed by atoms with Crippen LogP contribution in [0, 0.1) is 0 Å². The van der Waals surface area contributed by atoms with Gasteiger partial charge in [-0.25, -0.2) is 0 Å². The van der Waals surface area contributed by atoms with E-state index < -0.39 is 11.7 Å². The Labute approximate surface area is 131 Å². The topological polar surface area (TPSA) is 46.5 Å². The van der Waals surface area contributed by atoms with E-state index in [0.29, 0.717) is 12.2 Å². The fourth-order valence-electron chi connectivity index (χ4n) is 2.10. The van der Waals surface area contributed by atoms with E-state index in [0.717, 1.165) is 5.56 Å². The first-order chi connectivity index (χ1) is 10.5. The lowest BCUT2D eigenvalue weighted by Gasteiger charge is -2.30. The lowest BCUT2D eigenvalue weighted by molar-refractivity contribution is -0.107. The first kappa shape index (κ1) is 16.4. The van der Waals surface area contributed by atoms with Crippen LogP contribution in [0.15, 0.2) is 60.7 Å². The maximum atomic E-state index is 12.2. The zero-order valence-corrected chi connectivity index (χ0v) is 13.0. The first-order valence-corrected chi connectivity index (χ1v) is 7.43. The molecule has 0 saturated heterocycles. The summed E-state index contributed by atoms with van der Waals surface area (Å²) < 4.78 is 5.81. The number of benzene rings is 2. The summed E-state index contributed by atoms with van der Waals surface area (Å²) in [5, 5.41) is 10.3. The molecule has 0 aliphatic carbocycles. The monoisotopic (exact) mass is 298 g/mol. The number of aliphatic hydroxyl groups is 1. The molecule has 3 heteroatoms. The van der Waals surface area contributed by atoms with E-state index in [-0.39, 0.29) is 12.2 Å². The molecule has 0 spiro atoms. The van der Waals surface area contributed by atoms with E-state index in [9.17, 15) is 9.90 Å². The average molecular weight is 298 g/mol. The van der Waals surface area contributed by atoms with Gasteiger partial charge in [0.1, 0.15) is 0 Å². The molecule has 0 amide bonds. The van der Waals surface area contributed by atoms with Crippen LogP contribution in [-0.4, -0.2) is 22.6 Å². The van der Waals surface area contributed by atoms with Crippen LogP contribution in [0.2, 0.25) is 0 Å². The third kappa shape index (κ3) is 4.52. The maximum absolute atomic E-state index is 12.2. The molecule has 3 nitrogen and oxygen atoms in total. The van der Waals surface area contributed by atoms with Gasteiger partial charge < -0.3 is 9.84 Å². The van der Waals surface area contributed by atoms with Gasteiger partial charge in [0, 0.05) is 12.0 Å². The van der Waals surface area contributed by atoms with Crippen molar-refractivity contribution in [3.05, 3.63) is 71.8 Å². The second-order valence-electron chi connectivity index (χ2n) is 5.89. The molecule has 1 atom stereocenters. The molecule has 0 aliphatic heterocycles. The lowest BCUT2D eigenvalue weighted by atomic mass is 9.94. The molecule has 2 rings (SSSR count). The van der Waals surface area contributed by atoms with Crippen LogP contribution in [-0.2, 0) is 11.3 Å². The third-order valence-electron chi connectivity index (χ3n) is 3.73. The van der Waals surface area contributed by atoms with Gasteiger partial charge in [0.2, 0.25) is 0 Å². The summed E-state index contributed by atoms with van der Waals surface area (Å²) in [6, 6.07) is 18.8. The van der Waals surface area contributed by atoms with Crippen molar-refractivity contribution in [3.8, 4) is 0 Å². The molecule has 0 aromatic heterocycles. The van der Waals surface area contributed by atoms with Crippen molar-refractivity contribution in [2.75, 3.05) is 0 Å². The van der Waals surface area contributed by atoms with Crippen molar-refractivity contribution in [3.63, 3.8) is 0 Å². The van der Waals surface area contributed by atoms with Crippen LogP contribution in [0.25, 0.3) is 0 Å². The smallest absolute Gasteiger partial charge is 0.165 e. The van der Waals surface area contributed by atoms with Crippen molar-refractivity contribution in [2.24, 2.45) is 0 Å². The van der Waals surface area contributed by atoms with Gasteiger partial charge in [0.25, 0.3) is 0 Å². The molecule has 2 aromatic carbocycles. The van der Waals surface area contributed by atoms with Crippen molar-refractivity contribution in [1.82, 2.24) is 0 Å². The molecule has 116 valence electrons. The minimum absolute atomic E-state index is 0.0474. The molecule has 0 heterocycles. The summed E-state index contributed by atoms with van der Waals surface area (Å²) in [5.41, 5.74) is 0.859. The highest BCUT2D eigenvalue weighted by molar-refractivity contribution is 5.96. The standard InChI is InChI=1S/C19H22O3/c1-19(2,22-14-15-9-5-3-6-10-15)18(21)13-17(20)16-11-7-4-8-12-16/h3-12,18,21H,13-14H2,1-2H3/t18-/m0/s1. The van der Waals surface area contributed by atoms with Gasteiger partial charge in [-0.3, -0.25) is 4.79 Å². The van der Waals surface area contributed by atoms with E-state index in [1.807, 2.05) is 48.5 Å². The Morgan fingerprint density at radius 1 is 1.05 bits per heavy atom. The first-order valence-electron chi connectivity index (χ1n) is 7.43. The number of Topliss-reactive ketones (excluding diaryl/α,β-unsaturated/α-hetero) is 1. The minimum atomic E-state index is -0.857. The van der Waals surface area contributed by atoms with Gasteiger partial charge in [-0.1, -0.05) is 60.7 Å². The Morgan fingerprint density at radius 2 is 1.59 bits per heavy atom. The normalized spacial score (nSPS) is 12.9. The van der Waals surface area contributed by atoms with Crippen LogP contribution < -0.4 is 0 Å². The van der Waals surface area contributed by atoms with Gasteiger partial charge in [0.05, 0.1) is 18.3 Å². The van der Waals surface area contributed by atoms with Crippen LogP contribution >= 0.6 is 0 Å². The molecule has 1 N–H and O–H groups in total. The van der Waals surface area contributed by atoms with Gasteiger partial charge in [-0.05, 0) is 19.4 Å². The second-order valence-corrected chi connectivity index (χ2v) is 5.89. The summed E-state index contributed by atoms with van der Waals surface area (Å²) in [6.45, 7) is 4.02. The number of hydrogen-bond acceptors (Lipinski definition) is 3. The van der Waals surface area contributed by atoms with E-state index in [4.69, 9.17) is 4.74 Å². The molecule has 22 heavy (non-hydrogen) atoms. The molecule has 0 saturated carbocycles. The van der Waals surface area contributed by atoms with Gasteiger partial charge in [-0.15, -0.1) is 0 Å². The maximum Gasteiger partial charge on any atom is 0.165 e. The summed E-state index contributed by atoms with van der Waals surface area (Å²) in [6.07, 6.45) is -0.810. The molecular formula is C19H22O3. The van der Waals surface area contributed by atoms with Crippen molar-refractivity contribution in [2.45, 2.75) is 38.6 Å². The SMILES string of the molecule is CC(C)(OCc1ccccc1)[C@@H](O)CC(=O)c1ccccc1. The number of ketones is 1. The van der Waals surface area contributed by atoms with Crippen LogP contribution in [0.5, 0.6) is 0 Å². The van der Waals surface area contributed by atoms with Crippen LogP contribution in [0.3, 0.4) is 0 Å². The number of carbonyl (C=O) groups is 1. The Hall–Kier alpha value is -1.97. The third-order valence-corrected chi connectivity index (χ3v) is 3.73. The summed E-state index contributed by atoms with van der Waals surface area (Å²) in [5.74, 6) is -0.0792. The van der Waals surface area contributed by atoms with E-state index in [1.54, 1.807) is 26.0 Å². The number of aliphatic hydroxyl groups excluding tert-OH is 1. The largest absolute Gasteiger partial charge is 0.390 e.